The molecule has 3 nitrogen and oxygen atoms in total. The van der Waals surface area contributed by atoms with Crippen LogP contribution >= 0.6 is 16.3 Å². The maximum atomic E-state index is 7.65. The van der Waals surface area contributed by atoms with Gasteiger partial charge in [-0.25, -0.2) is 0 Å². The molecule has 0 aliphatic carbocycles. The molecule has 0 aromatic rings. The van der Waals surface area contributed by atoms with Crippen molar-refractivity contribution in [1.29, 1.82) is 0 Å². The molecule has 0 aromatic carbocycles. The second-order valence-electron chi connectivity index (χ2n) is 0.415. The van der Waals surface area contributed by atoms with E-state index in [9.17, 15) is 0 Å². The summed E-state index contributed by atoms with van der Waals surface area (Å²) in [5.74, 6) is 0. The van der Waals surface area contributed by atoms with Crippen LogP contribution in [0.4, 0.5) is 0 Å². The average molecular weight is 489 g/mol. The third kappa shape index (κ3) is 17.6. The fraction of sp³-hybridized carbons (Fsp3) is 0. The van der Waals surface area contributed by atoms with Gasteiger partial charge in [-0.1, -0.05) is 0 Å². The summed E-state index contributed by atoms with van der Waals surface area (Å²) in [6, 6.07) is 0. The average Bonchev–Trinajstić information content (AvgIpc) is 1.38. The van der Waals surface area contributed by atoms with Crippen LogP contribution in [0, 0.1) is 0 Å². The van der Waals surface area contributed by atoms with Crippen molar-refractivity contribution in [2.45, 2.75) is 0 Å². The van der Waals surface area contributed by atoms with E-state index in [-0.39, 0.29) is 79.0 Å². The first-order valence-corrected chi connectivity index (χ1v) is 1.55. The van der Waals surface area contributed by atoms with Crippen molar-refractivity contribution in [3.05, 3.63) is 0 Å². The van der Waals surface area contributed by atoms with Crippen molar-refractivity contribution in [1.82, 2.24) is 0 Å². The molecular weight excluding hydrogens is 483 g/mol. The van der Waals surface area contributed by atoms with Gasteiger partial charge in [-0.3, -0.25) is 0 Å². The van der Waals surface area contributed by atoms with E-state index in [1.54, 1.807) is 0 Å². The van der Waals surface area contributed by atoms with Crippen molar-refractivity contribution in [3.8, 4) is 0 Å². The zero-order chi connectivity index (χ0) is 4.28. The molecule has 0 saturated carbocycles. The van der Waals surface area contributed by atoms with Crippen LogP contribution in [0.1, 0.15) is 2.85 Å². The van der Waals surface area contributed by atoms with Crippen LogP contribution in [-0.2, 0) is 3.75 Å². The SMILES string of the molecule is OB(O)OBr.[Ba+2].[H-].[H-].[PbH2]. The summed E-state index contributed by atoms with van der Waals surface area (Å²) in [7, 11) is -1.70. The summed E-state index contributed by atoms with van der Waals surface area (Å²) in [5.41, 5.74) is 0. The second kappa shape index (κ2) is 11.7. The number of hydrogen-bond donors (Lipinski definition) is 2. The Kier molecular flexibility index (Phi) is 27.5. The predicted molar refractivity (Wildman–Crippen MR) is 36.7 cm³/mol. The molecular formula is H6BBaBrO3Pb. The standard InChI is InChI=1S/BBrH2O3.Ba.Pb.4H/c2-5-1(3)4;;;;;;/h3-4H;;;;;;/q;+2;;;;2*-1. The van der Waals surface area contributed by atoms with Crippen LogP contribution in [-0.4, -0.2) is 93.5 Å². The Hall–Kier alpha value is 2.92. The molecule has 0 rings (SSSR count). The third-order valence-electron chi connectivity index (χ3n) is 0.0797. The molecule has 0 fully saturated rings. The van der Waals surface area contributed by atoms with Gasteiger partial charge in [0.1, 0.15) is 0 Å². The summed E-state index contributed by atoms with van der Waals surface area (Å²) in [6.45, 7) is 0. The zero-order valence-corrected chi connectivity index (χ0v) is 15.2. The molecule has 0 heterocycles. The van der Waals surface area contributed by atoms with Gasteiger partial charge < -0.3 is 16.6 Å². The Morgan fingerprint density at radius 1 is 1.57 bits per heavy atom. The summed E-state index contributed by atoms with van der Waals surface area (Å²) in [6.07, 6.45) is 0. The van der Waals surface area contributed by atoms with Crippen LogP contribution in [0.3, 0.4) is 0 Å². The van der Waals surface area contributed by atoms with Gasteiger partial charge in [-0.2, -0.15) is 0 Å². The Bertz CT molecular complexity index is 35.8. The molecule has 2 N–H and O–H groups in total. The minimum absolute atomic E-state index is 0. The molecule has 0 aliphatic heterocycles. The van der Waals surface area contributed by atoms with E-state index in [0.29, 0.717) is 0 Å². The van der Waals surface area contributed by atoms with Crippen LogP contribution in [0.2, 0.25) is 0 Å². The zero-order valence-electron chi connectivity index (χ0n) is 5.67. The van der Waals surface area contributed by atoms with E-state index in [1.807, 2.05) is 0 Å². The van der Waals surface area contributed by atoms with Gasteiger partial charge in [0.05, 0.1) is 16.3 Å². The van der Waals surface area contributed by atoms with Gasteiger partial charge in [0, 0.05) is 0 Å². The maximum absolute atomic E-state index is 7.65. The van der Waals surface area contributed by atoms with E-state index in [0.717, 1.165) is 0 Å². The van der Waals surface area contributed by atoms with Gasteiger partial charge >= 0.3 is 83.5 Å². The fourth-order valence-corrected chi connectivity index (χ4v) is 0. The monoisotopic (exact) mass is 490 g/mol. The second-order valence-corrected chi connectivity index (χ2v) is 0.789. The molecule has 7 heteroatoms. The van der Waals surface area contributed by atoms with Gasteiger partial charge in [0.15, 0.2) is 0 Å². The predicted octanol–water partition coefficient (Wildman–Crippen LogP) is -1.79. The van der Waals surface area contributed by atoms with Gasteiger partial charge in [0.25, 0.3) is 0 Å². The minimum atomic E-state index is -1.70. The molecule has 0 saturated heterocycles. The molecule has 0 aliphatic rings. The molecule has 2 radical (unpaired) electrons. The fourth-order valence-electron chi connectivity index (χ4n) is 0. The van der Waals surface area contributed by atoms with E-state index >= 15 is 0 Å². The van der Waals surface area contributed by atoms with Crippen molar-refractivity contribution < 1.29 is 16.6 Å². The van der Waals surface area contributed by atoms with Crippen molar-refractivity contribution in [2.75, 3.05) is 0 Å². The van der Waals surface area contributed by atoms with E-state index < -0.39 is 7.32 Å². The molecule has 0 aromatic heterocycles. The Labute approximate surface area is 114 Å². The summed E-state index contributed by atoms with van der Waals surface area (Å²) < 4.78 is 3.67. The Balaban J connectivity index is -0.0000000133. The van der Waals surface area contributed by atoms with Crippen LogP contribution in [0.25, 0.3) is 0 Å². The molecule has 0 atom stereocenters. The topological polar surface area (TPSA) is 49.7 Å². The van der Waals surface area contributed by atoms with Gasteiger partial charge in [-0.15, -0.1) is 0 Å². The first kappa shape index (κ1) is 16.5. The quantitative estimate of drug-likeness (QED) is 0.429. The van der Waals surface area contributed by atoms with Gasteiger partial charge in [-0.05, 0) is 0 Å². The first-order valence-electron chi connectivity index (χ1n) is 0.906. The molecule has 0 unspecified atom stereocenters. The molecule has 0 spiro atoms. The molecule has 7 heavy (non-hydrogen) atoms. The third-order valence-corrected chi connectivity index (χ3v) is 0.414. The van der Waals surface area contributed by atoms with E-state index in [2.05, 4.69) is 20.0 Å². The molecule has 40 valence electrons. The Morgan fingerprint density at radius 2 is 1.71 bits per heavy atom. The summed E-state index contributed by atoms with van der Waals surface area (Å²) in [5, 5.41) is 15.3. The normalized spacial score (nSPS) is 5.57. The van der Waals surface area contributed by atoms with Gasteiger partial charge in [0.2, 0.25) is 0 Å². The number of halogens is 1. The van der Waals surface area contributed by atoms with E-state index in [4.69, 9.17) is 10.0 Å². The first-order chi connectivity index (χ1) is 2.27. The van der Waals surface area contributed by atoms with Crippen molar-refractivity contribution >= 4 is 99.8 Å². The van der Waals surface area contributed by atoms with Crippen molar-refractivity contribution in [3.63, 3.8) is 0 Å². The summed E-state index contributed by atoms with van der Waals surface area (Å²) in [4.78, 5) is 0. The van der Waals surface area contributed by atoms with Crippen LogP contribution < -0.4 is 0 Å². The van der Waals surface area contributed by atoms with Crippen LogP contribution in [0.5, 0.6) is 0 Å². The van der Waals surface area contributed by atoms with Crippen LogP contribution in [0.15, 0.2) is 0 Å². The van der Waals surface area contributed by atoms with E-state index in [1.165, 1.54) is 0 Å². The summed E-state index contributed by atoms with van der Waals surface area (Å²) >= 11 is 2.31. The number of rotatable bonds is 1. The molecule has 0 amide bonds. The molecule has 0 bridgehead atoms. The van der Waals surface area contributed by atoms with Crippen molar-refractivity contribution in [2.24, 2.45) is 0 Å². The number of hydrogen-bond acceptors (Lipinski definition) is 3. The Morgan fingerprint density at radius 3 is 1.71 bits per heavy atom.